The summed E-state index contributed by atoms with van der Waals surface area (Å²) in [5.74, 6) is 1.48. The highest BCUT2D eigenvalue weighted by Gasteiger charge is 2.24. The normalized spacial score (nSPS) is 28.7. The molecule has 3 nitrogen and oxygen atoms in total. The summed E-state index contributed by atoms with van der Waals surface area (Å²) in [5, 5.41) is 3.53. The lowest BCUT2D eigenvalue weighted by molar-refractivity contribution is 0.0478. The van der Waals surface area contributed by atoms with Crippen LogP contribution in [0.2, 0.25) is 0 Å². The summed E-state index contributed by atoms with van der Waals surface area (Å²) in [5.41, 5.74) is 1.15. The molecular weight excluding hydrogens is 226 g/mol. The summed E-state index contributed by atoms with van der Waals surface area (Å²) < 4.78 is 11.7. The SMILES string of the molecule is CCOc1ccccc1C1CNC(C)C(C)CO1. The van der Waals surface area contributed by atoms with Crippen molar-refractivity contribution in [1.82, 2.24) is 5.32 Å². The first-order chi connectivity index (χ1) is 8.72. The van der Waals surface area contributed by atoms with Crippen LogP contribution in [0.25, 0.3) is 0 Å². The second-order valence-corrected chi connectivity index (χ2v) is 4.97. The molecule has 100 valence electrons. The zero-order chi connectivity index (χ0) is 13.0. The third-order valence-electron chi connectivity index (χ3n) is 3.60. The van der Waals surface area contributed by atoms with E-state index in [2.05, 4.69) is 25.2 Å². The van der Waals surface area contributed by atoms with Gasteiger partial charge in [0.05, 0.1) is 19.3 Å². The summed E-state index contributed by atoms with van der Waals surface area (Å²) in [6.45, 7) is 8.76. The van der Waals surface area contributed by atoms with Crippen molar-refractivity contribution in [2.45, 2.75) is 32.9 Å². The van der Waals surface area contributed by atoms with Crippen LogP contribution in [0.1, 0.15) is 32.4 Å². The molecule has 1 fully saturated rings. The molecule has 0 aromatic heterocycles. The highest BCUT2D eigenvalue weighted by atomic mass is 16.5. The largest absolute Gasteiger partial charge is 0.493 e. The molecule has 1 N–H and O–H groups in total. The van der Waals surface area contributed by atoms with Gasteiger partial charge < -0.3 is 14.8 Å². The van der Waals surface area contributed by atoms with Gasteiger partial charge in [-0.15, -0.1) is 0 Å². The molecule has 1 aliphatic rings. The fourth-order valence-electron chi connectivity index (χ4n) is 2.20. The van der Waals surface area contributed by atoms with Gasteiger partial charge in [0.15, 0.2) is 0 Å². The highest BCUT2D eigenvalue weighted by molar-refractivity contribution is 5.35. The summed E-state index contributed by atoms with van der Waals surface area (Å²) in [6, 6.07) is 8.65. The summed E-state index contributed by atoms with van der Waals surface area (Å²) >= 11 is 0. The van der Waals surface area contributed by atoms with Crippen LogP contribution < -0.4 is 10.1 Å². The fraction of sp³-hybridized carbons (Fsp3) is 0.600. The van der Waals surface area contributed by atoms with Crippen molar-refractivity contribution < 1.29 is 9.47 Å². The zero-order valence-electron chi connectivity index (χ0n) is 11.5. The van der Waals surface area contributed by atoms with Crippen LogP contribution >= 0.6 is 0 Å². The predicted octanol–water partition coefficient (Wildman–Crippen LogP) is 2.77. The van der Waals surface area contributed by atoms with E-state index in [4.69, 9.17) is 9.47 Å². The number of nitrogens with one attached hydrogen (secondary N) is 1. The van der Waals surface area contributed by atoms with Crippen LogP contribution in [0.5, 0.6) is 5.75 Å². The number of benzene rings is 1. The van der Waals surface area contributed by atoms with Gasteiger partial charge in [0.25, 0.3) is 0 Å². The van der Waals surface area contributed by atoms with Crippen molar-refractivity contribution >= 4 is 0 Å². The lowest BCUT2D eigenvalue weighted by Crippen LogP contribution is -2.32. The molecule has 0 amide bonds. The van der Waals surface area contributed by atoms with Gasteiger partial charge in [-0.1, -0.05) is 25.1 Å². The zero-order valence-corrected chi connectivity index (χ0v) is 11.5. The standard InChI is InChI=1S/C15H23NO2/c1-4-17-14-8-6-5-7-13(14)15-9-16-12(3)11(2)10-18-15/h5-8,11-12,15-16H,4,9-10H2,1-3H3. The second-order valence-electron chi connectivity index (χ2n) is 4.97. The van der Waals surface area contributed by atoms with E-state index < -0.39 is 0 Å². The first kappa shape index (κ1) is 13.4. The molecule has 0 spiro atoms. The molecule has 1 aromatic rings. The number of para-hydroxylation sites is 1. The van der Waals surface area contributed by atoms with Crippen molar-refractivity contribution in [3.63, 3.8) is 0 Å². The minimum atomic E-state index is 0.0835. The average Bonchev–Trinajstić information content (AvgIpc) is 2.54. The monoisotopic (exact) mass is 249 g/mol. The smallest absolute Gasteiger partial charge is 0.125 e. The van der Waals surface area contributed by atoms with Crippen LogP contribution in [-0.4, -0.2) is 25.8 Å². The van der Waals surface area contributed by atoms with Crippen molar-refractivity contribution in [2.24, 2.45) is 5.92 Å². The van der Waals surface area contributed by atoms with Crippen LogP contribution in [-0.2, 0) is 4.74 Å². The first-order valence-corrected chi connectivity index (χ1v) is 6.79. The third kappa shape index (κ3) is 3.03. The highest BCUT2D eigenvalue weighted by Crippen LogP contribution is 2.29. The molecule has 0 bridgehead atoms. The molecule has 1 aromatic carbocycles. The van der Waals surface area contributed by atoms with Crippen LogP contribution in [0.15, 0.2) is 24.3 Å². The molecule has 3 heteroatoms. The van der Waals surface area contributed by atoms with E-state index in [1.165, 1.54) is 0 Å². The molecule has 3 unspecified atom stereocenters. The summed E-state index contributed by atoms with van der Waals surface area (Å²) in [7, 11) is 0. The molecule has 3 atom stereocenters. The minimum absolute atomic E-state index is 0.0835. The van der Waals surface area contributed by atoms with Gasteiger partial charge in [-0.25, -0.2) is 0 Å². The Morgan fingerprint density at radius 2 is 2.11 bits per heavy atom. The lowest BCUT2D eigenvalue weighted by Gasteiger charge is -2.19. The van der Waals surface area contributed by atoms with Crippen LogP contribution in [0, 0.1) is 5.92 Å². The summed E-state index contributed by atoms with van der Waals surface area (Å²) in [6.07, 6.45) is 0.0835. The Morgan fingerprint density at radius 3 is 2.89 bits per heavy atom. The molecule has 0 aliphatic carbocycles. The maximum Gasteiger partial charge on any atom is 0.125 e. The fourth-order valence-corrected chi connectivity index (χ4v) is 2.20. The van der Waals surface area contributed by atoms with Gasteiger partial charge in [-0.3, -0.25) is 0 Å². The van der Waals surface area contributed by atoms with Crippen molar-refractivity contribution in [1.29, 1.82) is 0 Å². The van der Waals surface area contributed by atoms with Crippen LogP contribution in [0.4, 0.5) is 0 Å². The van der Waals surface area contributed by atoms with E-state index in [1.807, 2.05) is 25.1 Å². The maximum atomic E-state index is 6.02. The van der Waals surface area contributed by atoms with Gasteiger partial charge in [0, 0.05) is 18.2 Å². The molecule has 0 saturated carbocycles. The minimum Gasteiger partial charge on any atom is -0.493 e. The van der Waals surface area contributed by atoms with Gasteiger partial charge in [0.1, 0.15) is 5.75 Å². The molecule has 18 heavy (non-hydrogen) atoms. The van der Waals surface area contributed by atoms with Crippen molar-refractivity contribution in [3.05, 3.63) is 29.8 Å². The Hall–Kier alpha value is -1.06. The van der Waals surface area contributed by atoms with Crippen molar-refractivity contribution in [3.8, 4) is 5.75 Å². The Kier molecular flexibility index (Phi) is 4.61. The molecule has 0 radical (unpaired) electrons. The number of ether oxygens (including phenoxy) is 2. The number of rotatable bonds is 3. The maximum absolute atomic E-state index is 6.02. The first-order valence-electron chi connectivity index (χ1n) is 6.79. The Bertz CT molecular complexity index is 369. The Labute approximate surface area is 109 Å². The van der Waals surface area contributed by atoms with E-state index >= 15 is 0 Å². The number of hydrogen-bond acceptors (Lipinski definition) is 3. The average molecular weight is 249 g/mol. The quantitative estimate of drug-likeness (QED) is 0.893. The summed E-state index contributed by atoms with van der Waals surface area (Å²) in [4.78, 5) is 0. The Balaban J connectivity index is 2.15. The van der Waals surface area contributed by atoms with E-state index in [9.17, 15) is 0 Å². The van der Waals surface area contributed by atoms with Crippen LogP contribution in [0.3, 0.4) is 0 Å². The Morgan fingerprint density at radius 1 is 1.33 bits per heavy atom. The number of hydrogen-bond donors (Lipinski definition) is 1. The molecule has 1 heterocycles. The molecule has 1 aliphatic heterocycles. The molecular formula is C15H23NO2. The van der Waals surface area contributed by atoms with Gasteiger partial charge >= 0.3 is 0 Å². The van der Waals surface area contributed by atoms with Gasteiger partial charge in [-0.2, -0.15) is 0 Å². The van der Waals surface area contributed by atoms with Gasteiger partial charge in [0.2, 0.25) is 0 Å². The third-order valence-corrected chi connectivity index (χ3v) is 3.60. The lowest BCUT2D eigenvalue weighted by atomic mass is 10.1. The predicted molar refractivity (Wildman–Crippen MR) is 72.9 cm³/mol. The topological polar surface area (TPSA) is 30.5 Å². The van der Waals surface area contributed by atoms with Gasteiger partial charge in [-0.05, 0) is 25.8 Å². The second kappa shape index (κ2) is 6.21. The van der Waals surface area contributed by atoms with E-state index in [1.54, 1.807) is 0 Å². The molecule has 1 saturated heterocycles. The van der Waals surface area contributed by atoms with E-state index in [-0.39, 0.29) is 6.10 Å². The van der Waals surface area contributed by atoms with Crippen molar-refractivity contribution in [2.75, 3.05) is 19.8 Å². The molecule has 2 rings (SSSR count). The van der Waals surface area contributed by atoms with E-state index in [0.717, 1.165) is 24.5 Å². The van der Waals surface area contributed by atoms with E-state index in [0.29, 0.717) is 18.6 Å².